The molecule has 0 aromatic heterocycles. The molecule has 2 nitrogen and oxygen atoms in total. The van der Waals surface area contributed by atoms with Crippen LogP contribution in [0.25, 0.3) is 0 Å². The van der Waals surface area contributed by atoms with Crippen molar-refractivity contribution in [1.82, 2.24) is 5.32 Å². The molecule has 1 aromatic carbocycles. The first-order valence-electron chi connectivity index (χ1n) is 6.12. The van der Waals surface area contributed by atoms with Crippen LogP contribution in [0, 0.1) is 19.8 Å². The monoisotopic (exact) mass is 219 g/mol. The van der Waals surface area contributed by atoms with Crippen molar-refractivity contribution in [2.24, 2.45) is 5.92 Å². The maximum absolute atomic E-state index is 9.11. The first-order chi connectivity index (χ1) is 7.70. The molecule has 2 N–H and O–H groups in total. The largest absolute Gasteiger partial charge is 0.396 e. The molecule has 0 aliphatic carbocycles. The van der Waals surface area contributed by atoms with Crippen LogP contribution in [-0.2, 0) is 0 Å². The lowest BCUT2D eigenvalue weighted by atomic mass is 9.89. The first-order valence-corrected chi connectivity index (χ1v) is 6.12. The fourth-order valence-corrected chi connectivity index (χ4v) is 2.47. The lowest BCUT2D eigenvalue weighted by Gasteiger charge is -2.30. The second-order valence-corrected chi connectivity index (χ2v) is 4.95. The maximum atomic E-state index is 9.11. The Morgan fingerprint density at radius 1 is 1.31 bits per heavy atom. The quantitative estimate of drug-likeness (QED) is 0.800. The van der Waals surface area contributed by atoms with Gasteiger partial charge in [-0.3, -0.25) is 0 Å². The van der Waals surface area contributed by atoms with Gasteiger partial charge < -0.3 is 10.4 Å². The number of hydrogen-bond acceptors (Lipinski definition) is 2. The van der Waals surface area contributed by atoms with E-state index in [-0.39, 0.29) is 0 Å². The van der Waals surface area contributed by atoms with Gasteiger partial charge in [0, 0.05) is 19.2 Å². The van der Waals surface area contributed by atoms with E-state index in [1.165, 1.54) is 16.7 Å². The minimum absolute atomic E-state index is 0.312. The highest BCUT2D eigenvalue weighted by molar-refractivity contribution is 5.33. The standard InChI is InChI=1S/C14H21NO/c1-10-3-4-11(2)13(7-10)14-6-5-12(9-16)8-15-14/h3-4,7,12,14-16H,5-6,8-9H2,1-2H3. The summed E-state index contributed by atoms with van der Waals surface area (Å²) in [7, 11) is 0. The van der Waals surface area contributed by atoms with E-state index in [2.05, 4.69) is 37.4 Å². The summed E-state index contributed by atoms with van der Waals surface area (Å²) in [6.45, 7) is 5.57. The van der Waals surface area contributed by atoms with Crippen molar-refractivity contribution in [3.05, 3.63) is 34.9 Å². The van der Waals surface area contributed by atoms with Gasteiger partial charge in [0.2, 0.25) is 0 Å². The van der Waals surface area contributed by atoms with Crippen LogP contribution in [0.15, 0.2) is 18.2 Å². The van der Waals surface area contributed by atoms with Crippen LogP contribution in [0.1, 0.15) is 35.6 Å². The van der Waals surface area contributed by atoms with Crippen molar-refractivity contribution in [3.8, 4) is 0 Å². The molecular weight excluding hydrogens is 198 g/mol. The molecule has 1 saturated heterocycles. The Morgan fingerprint density at radius 2 is 2.12 bits per heavy atom. The molecule has 88 valence electrons. The van der Waals surface area contributed by atoms with E-state index in [1.54, 1.807) is 0 Å². The summed E-state index contributed by atoms with van der Waals surface area (Å²) in [6, 6.07) is 7.12. The Balaban J connectivity index is 2.10. The molecule has 2 heteroatoms. The average molecular weight is 219 g/mol. The van der Waals surface area contributed by atoms with Gasteiger partial charge in [0.25, 0.3) is 0 Å². The molecule has 1 fully saturated rings. The van der Waals surface area contributed by atoms with Crippen LogP contribution in [0.5, 0.6) is 0 Å². The highest BCUT2D eigenvalue weighted by atomic mass is 16.3. The molecule has 0 radical (unpaired) electrons. The van der Waals surface area contributed by atoms with Gasteiger partial charge >= 0.3 is 0 Å². The van der Waals surface area contributed by atoms with Crippen molar-refractivity contribution < 1.29 is 5.11 Å². The summed E-state index contributed by atoms with van der Waals surface area (Å²) in [5, 5.41) is 12.7. The Hall–Kier alpha value is -0.860. The summed E-state index contributed by atoms with van der Waals surface area (Å²) in [4.78, 5) is 0. The lowest BCUT2D eigenvalue weighted by molar-refractivity contribution is 0.183. The van der Waals surface area contributed by atoms with Gasteiger partial charge in [-0.2, -0.15) is 0 Å². The number of rotatable bonds is 2. The van der Waals surface area contributed by atoms with Crippen molar-refractivity contribution in [2.45, 2.75) is 32.7 Å². The predicted octanol–water partition coefficient (Wildman–Crippen LogP) is 2.34. The number of benzene rings is 1. The Morgan fingerprint density at radius 3 is 2.75 bits per heavy atom. The Bertz CT molecular complexity index is 354. The summed E-state index contributed by atoms with van der Waals surface area (Å²) < 4.78 is 0. The SMILES string of the molecule is Cc1ccc(C)c(C2CCC(CO)CN2)c1. The zero-order valence-corrected chi connectivity index (χ0v) is 10.2. The topological polar surface area (TPSA) is 32.3 Å². The smallest absolute Gasteiger partial charge is 0.0471 e. The minimum Gasteiger partial charge on any atom is -0.396 e. The summed E-state index contributed by atoms with van der Waals surface area (Å²) in [5.41, 5.74) is 4.12. The van der Waals surface area contributed by atoms with E-state index in [9.17, 15) is 0 Å². The number of nitrogens with one attached hydrogen (secondary N) is 1. The second-order valence-electron chi connectivity index (χ2n) is 4.95. The zero-order chi connectivity index (χ0) is 11.5. The van der Waals surface area contributed by atoms with Crippen LogP contribution in [0.4, 0.5) is 0 Å². The molecule has 1 aliphatic rings. The zero-order valence-electron chi connectivity index (χ0n) is 10.2. The third-order valence-electron chi connectivity index (χ3n) is 3.58. The van der Waals surface area contributed by atoms with E-state index in [0.717, 1.165) is 19.4 Å². The van der Waals surface area contributed by atoms with Crippen LogP contribution in [0.3, 0.4) is 0 Å². The average Bonchev–Trinajstić information content (AvgIpc) is 2.32. The highest BCUT2D eigenvalue weighted by Crippen LogP contribution is 2.28. The summed E-state index contributed by atoms with van der Waals surface area (Å²) in [5.74, 6) is 0.446. The van der Waals surface area contributed by atoms with Crippen LogP contribution in [-0.4, -0.2) is 18.3 Å². The molecular formula is C14H21NO. The van der Waals surface area contributed by atoms with E-state index >= 15 is 0 Å². The highest BCUT2D eigenvalue weighted by Gasteiger charge is 2.21. The summed E-state index contributed by atoms with van der Waals surface area (Å²) >= 11 is 0. The van der Waals surface area contributed by atoms with Crippen LogP contribution < -0.4 is 5.32 Å². The molecule has 0 amide bonds. The van der Waals surface area contributed by atoms with Gasteiger partial charge in [0.1, 0.15) is 0 Å². The Labute approximate surface area is 97.7 Å². The van der Waals surface area contributed by atoms with Gasteiger partial charge in [-0.15, -0.1) is 0 Å². The first kappa shape index (κ1) is 11.6. The maximum Gasteiger partial charge on any atom is 0.0471 e. The molecule has 0 spiro atoms. The third kappa shape index (κ3) is 2.45. The van der Waals surface area contributed by atoms with Gasteiger partial charge in [0.15, 0.2) is 0 Å². The lowest BCUT2D eigenvalue weighted by Crippen LogP contribution is -2.35. The van der Waals surface area contributed by atoms with E-state index in [0.29, 0.717) is 18.6 Å². The molecule has 0 bridgehead atoms. The predicted molar refractivity (Wildman–Crippen MR) is 66.5 cm³/mol. The normalized spacial score (nSPS) is 25.7. The molecule has 1 aliphatic heterocycles. The fraction of sp³-hybridized carbons (Fsp3) is 0.571. The van der Waals surface area contributed by atoms with Crippen LogP contribution in [0.2, 0.25) is 0 Å². The number of piperidine rings is 1. The van der Waals surface area contributed by atoms with Crippen LogP contribution >= 0.6 is 0 Å². The number of hydrogen-bond donors (Lipinski definition) is 2. The van der Waals surface area contributed by atoms with Gasteiger partial charge in [-0.1, -0.05) is 23.8 Å². The molecule has 2 rings (SSSR count). The van der Waals surface area contributed by atoms with Crippen molar-refractivity contribution in [2.75, 3.05) is 13.2 Å². The molecule has 16 heavy (non-hydrogen) atoms. The number of aliphatic hydroxyl groups is 1. The molecule has 1 heterocycles. The van der Waals surface area contributed by atoms with Crippen molar-refractivity contribution in [3.63, 3.8) is 0 Å². The molecule has 2 atom stereocenters. The van der Waals surface area contributed by atoms with E-state index in [4.69, 9.17) is 5.11 Å². The third-order valence-corrected chi connectivity index (χ3v) is 3.58. The summed E-state index contributed by atoms with van der Waals surface area (Å²) in [6.07, 6.45) is 2.26. The number of aliphatic hydroxyl groups excluding tert-OH is 1. The van der Waals surface area contributed by atoms with Gasteiger partial charge in [-0.05, 0) is 43.7 Å². The fourth-order valence-electron chi connectivity index (χ4n) is 2.47. The second kappa shape index (κ2) is 4.98. The number of aryl methyl sites for hydroxylation is 2. The van der Waals surface area contributed by atoms with Crippen molar-refractivity contribution in [1.29, 1.82) is 0 Å². The molecule has 1 aromatic rings. The van der Waals surface area contributed by atoms with E-state index in [1.807, 2.05) is 0 Å². The Kier molecular flexibility index (Phi) is 3.62. The minimum atomic E-state index is 0.312. The molecule has 0 saturated carbocycles. The van der Waals surface area contributed by atoms with E-state index < -0.39 is 0 Å². The van der Waals surface area contributed by atoms with Gasteiger partial charge in [0.05, 0.1) is 0 Å². The molecule has 2 unspecified atom stereocenters. The van der Waals surface area contributed by atoms with Gasteiger partial charge in [-0.25, -0.2) is 0 Å². The van der Waals surface area contributed by atoms with Crippen molar-refractivity contribution >= 4 is 0 Å².